The minimum atomic E-state index is -0.675. The standard InChI is InChI=1S/C22H28N4O3/c1-16-21(29-19-7-4-3-6-18(19)28-16)22(27)24-15-17-8-9-20(23-14-17)26-11-5-10-25(2)12-13-26/h3-4,6-9,14,16,21H,5,10-13,15H2,1-2H3,(H,24,27)/t16-,21+/m1/s1. The third kappa shape index (κ3) is 4.62. The number of amides is 1. The number of anilines is 1. The molecule has 7 heteroatoms. The van der Waals surface area contributed by atoms with Crippen LogP contribution in [-0.2, 0) is 11.3 Å². The van der Waals surface area contributed by atoms with E-state index in [1.54, 1.807) is 0 Å². The van der Waals surface area contributed by atoms with Gasteiger partial charge in [-0.05, 0) is 50.7 Å². The summed E-state index contributed by atoms with van der Waals surface area (Å²) in [4.78, 5) is 21.9. The number of ether oxygens (including phenoxy) is 2. The SMILES string of the molecule is C[C@H]1Oc2ccccc2O[C@@H]1C(=O)NCc1ccc(N2CCCN(C)CC2)nc1. The highest BCUT2D eigenvalue weighted by molar-refractivity contribution is 5.82. The molecule has 154 valence electrons. The zero-order valence-electron chi connectivity index (χ0n) is 17.0. The van der Waals surface area contributed by atoms with Crippen LogP contribution in [0.1, 0.15) is 18.9 Å². The van der Waals surface area contributed by atoms with Crippen molar-refractivity contribution in [3.8, 4) is 11.5 Å². The molecule has 0 radical (unpaired) electrons. The van der Waals surface area contributed by atoms with Gasteiger partial charge in [0.2, 0.25) is 6.10 Å². The molecule has 1 fully saturated rings. The van der Waals surface area contributed by atoms with E-state index in [9.17, 15) is 4.79 Å². The van der Waals surface area contributed by atoms with Crippen LogP contribution in [0, 0.1) is 0 Å². The van der Waals surface area contributed by atoms with Crippen molar-refractivity contribution >= 4 is 11.7 Å². The Morgan fingerprint density at radius 3 is 2.66 bits per heavy atom. The molecule has 7 nitrogen and oxygen atoms in total. The number of carbonyl (C=O) groups excluding carboxylic acids is 1. The highest BCUT2D eigenvalue weighted by atomic mass is 16.6. The van der Waals surface area contributed by atoms with Gasteiger partial charge in [-0.15, -0.1) is 0 Å². The summed E-state index contributed by atoms with van der Waals surface area (Å²) in [5.41, 5.74) is 0.957. The Morgan fingerprint density at radius 2 is 1.90 bits per heavy atom. The molecule has 2 aliphatic heterocycles. The highest BCUT2D eigenvalue weighted by Gasteiger charge is 2.33. The summed E-state index contributed by atoms with van der Waals surface area (Å²) in [5, 5.41) is 2.94. The lowest BCUT2D eigenvalue weighted by atomic mass is 10.1. The third-order valence-electron chi connectivity index (χ3n) is 5.42. The summed E-state index contributed by atoms with van der Waals surface area (Å²) in [6, 6.07) is 11.5. The molecule has 1 aromatic carbocycles. The normalized spacial score (nSPS) is 22.1. The summed E-state index contributed by atoms with van der Waals surface area (Å²) in [6.45, 7) is 6.42. The van der Waals surface area contributed by atoms with Gasteiger partial charge in [-0.25, -0.2) is 4.98 Å². The quantitative estimate of drug-likeness (QED) is 0.854. The van der Waals surface area contributed by atoms with Crippen LogP contribution < -0.4 is 19.7 Å². The third-order valence-corrected chi connectivity index (χ3v) is 5.42. The number of nitrogens with zero attached hydrogens (tertiary/aromatic N) is 3. The van der Waals surface area contributed by atoms with E-state index in [0.29, 0.717) is 18.0 Å². The van der Waals surface area contributed by atoms with Crippen molar-refractivity contribution in [2.75, 3.05) is 38.1 Å². The number of pyridine rings is 1. The molecule has 3 heterocycles. The molecular weight excluding hydrogens is 368 g/mol. The fourth-order valence-corrected chi connectivity index (χ4v) is 3.68. The minimum absolute atomic E-state index is 0.188. The molecule has 0 bridgehead atoms. The molecule has 29 heavy (non-hydrogen) atoms. The number of rotatable bonds is 4. The topological polar surface area (TPSA) is 66.9 Å². The van der Waals surface area contributed by atoms with Gasteiger partial charge >= 0.3 is 0 Å². The van der Waals surface area contributed by atoms with Gasteiger partial charge in [-0.3, -0.25) is 4.79 Å². The number of para-hydroxylation sites is 2. The van der Waals surface area contributed by atoms with E-state index in [1.807, 2.05) is 49.5 Å². The fourth-order valence-electron chi connectivity index (χ4n) is 3.68. The second-order valence-electron chi connectivity index (χ2n) is 7.69. The average molecular weight is 396 g/mol. The molecule has 0 aliphatic carbocycles. The van der Waals surface area contributed by atoms with Crippen molar-refractivity contribution in [1.82, 2.24) is 15.2 Å². The molecule has 4 rings (SSSR count). The minimum Gasteiger partial charge on any atom is -0.482 e. The smallest absolute Gasteiger partial charge is 0.265 e. The Balaban J connectivity index is 1.32. The zero-order chi connectivity index (χ0) is 20.2. The first-order valence-electron chi connectivity index (χ1n) is 10.2. The first kappa shape index (κ1) is 19.5. The van der Waals surface area contributed by atoms with Gasteiger partial charge in [0.05, 0.1) is 0 Å². The molecule has 1 saturated heterocycles. The Morgan fingerprint density at radius 1 is 1.10 bits per heavy atom. The van der Waals surface area contributed by atoms with Gasteiger partial charge < -0.3 is 24.6 Å². The highest BCUT2D eigenvalue weighted by Crippen LogP contribution is 2.33. The largest absolute Gasteiger partial charge is 0.482 e. The average Bonchev–Trinajstić information content (AvgIpc) is 2.96. The van der Waals surface area contributed by atoms with Crippen LogP contribution in [0.25, 0.3) is 0 Å². The van der Waals surface area contributed by atoms with Crippen molar-refractivity contribution in [2.24, 2.45) is 0 Å². The van der Waals surface area contributed by atoms with Crippen LogP contribution >= 0.6 is 0 Å². The van der Waals surface area contributed by atoms with E-state index in [-0.39, 0.29) is 12.0 Å². The predicted octanol–water partition coefficient (Wildman–Crippen LogP) is 2.07. The summed E-state index contributed by atoms with van der Waals surface area (Å²) in [6.07, 6.45) is 1.94. The predicted molar refractivity (Wildman–Crippen MR) is 111 cm³/mol. The summed E-state index contributed by atoms with van der Waals surface area (Å²) in [7, 11) is 2.16. The Kier molecular flexibility index (Phi) is 5.85. The monoisotopic (exact) mass is 396 g/mol. The van der Waals surface area contributed by atoms with Gasteiger partial charge in [0.1, 0.15) is 11.9 Å². The maximum absolute atomic E-state index is 12.6. The maximum atomic E-state index is 12.6. The number of aromatic nitrogens is 1. The molecule has 2 atom stereocenters. The van der Waals surface area contributed by atoms with Crippen LogP contribution in [0.4, 0.5) is 5.82 Å². The van der Waals surface area contributed by atoms with Crippen LogP contribution in [0.15, 0.2) is 42.6 Å². The van der Waals surface area contributed by atoms with E-state index in [0.717, 1.165) is 44.0 Å². The molecule has 0 unspecified atom stereocenters. The Hall–Kier alpha value is -2.80. The van der Waals surface area contributed by atoms with E-state index < -0.39 is 6.10 Å². The van der Waals surface area contributed by atoms with Crippen LogP contribution in [0.3, 0.4) is 0 Å². The lowest BCUT2D eigenvalue weighted by Gasteiger charge is -2.31. The van der Waals surface area contributed by atoms with Crippen molar-refractivity contribution in [1.29, 1.82) is 0 Å². The number of hydrogen-bond donors (Lipinski definition) is 1. The molecule has 2 aromatic rings. The molecule has 1 aromatic heterocycles. The lowest BCUT2D eigenvalue weighted by molar-refractivity contribution is -0.133. The van der Waals surface area contributed by atoms with Gasteiger partial charge in [-0.2, -0.15) is 0 Å². The summed E-state index contributed by atoms with van der Waals surface area (Å²) >= 11 is 0. The molecule has 0 saturated carbocycles. The van der Waals surface area contributed by atoms with E-state index in [1.165, 1.54) is 0 Å². The summed E-state index contributed by atoms with van der Waals surface area (Å²) < 4.78 is 11.7. The Labute approximate surface area is 171 Å². The second-order valence-corrected chi connectivity index (χ2v) is 7.69. The van der Waals surface area contributed by atoms with Crippen LogP contribution in [0.2, 0.25) is 0 Å². The van der Waals surface area contributed by atoms with Gasteiger partial charge in [0.25, 0.3) is 5.91 Å². The molecule has 2 aliphatic rings. The van der Waals surface area contributed by atoms with E-state index >= 15 is 0 Å². The van der Waals surface area contributed by atoms with Crippen molar-refractivity contribution in [3.05, 3.63) is 48.2 Å². The van der Waals surface area contributed by atoms with Crippen molar-refractivity contribution in [3.63, 3.8) is 0 Å². The van der Waals surface area contributed by atoms with Gasteiger partial charge in [-0.1, -0.05) is 18.2 Å². The van der Waals surface area contributed by atoms with E-state index in [2.05, 4.69) is 27.1 Å². The second kappa shape index (κ2) is 8.69. The lowest BCUT2D eigenvalue weighted by Crippen LogP contribution is -2.48. The van der Waals surface area contributed by atoms with Crippen molar-refractivity contribution in [2.45, 2.75) is 32.1 Å². The molecule has 0 spiro atoms. The first-order chi connectivity index (χ1) is 14.1. The molecular formula is C22H28N4O3. The van der Waals surface area contributed by atoms with Crippen LogP contribution in [-0.4, -0.2) is 61.2 Å². The van der Waals surface area contributed by atoms with Gasteiger partial charge in [0.15, 0.2) is 11.5 Å². The van der Waals surface area contributed by atoms with Crippen molar-refractivity contribution < 1.29 is 14.3 Å². The van der Waals surface area contributed by atoms with E-state index in [4.69, 9.17) is 9.47 Å². The fraction of sp³-hybridized carbons (Fsp3) is 0.455. The number of benzene rings is 1. The van der Waals surface area contributed by atoms with Crippen LogP contribution in [0.5, 0.6) is 11.5 Å². The number of likely N-dealkylation sites (N-methyl/N-ethyl adjacent to an activating group) is 1. The summed E-state index contributed by atoms with van der Waals surface area (Å²) in [5.74, 6) is 2.07. The van der Waals surface area contributed by atoms with Gasteiger partial charge in [0, 0.05) is 32.4 Å². The molecule has 1 amide bonds. The number of nitrogens with one attached hydrogen (secondary N) is 1. The number of hydrogen-bond acceptors (Lipinski definition) is 6. The maximum Gasteiger partial charge on any atom is 0.265 e. The molecule has 1 N–H and O–H groups in total. The zero-order valence-corrected chi connectivity index (χ0v) is 17.0. The number of fused-ring (bicyclic) bond motifs is 1. The Bertz CT molecular complexity index is 842. The number of carbonyl (C=O) groups is 1. The first-order valence-corrected chi connectivity index (χ1v) is 10.2.